The number of amides is 4. The van der Waals surface area contributed by atoms with Crippen molar-refractivity contribution < 1.29 is 14.4 Å². The van der Waals surface area contributed by atoms with E-state index >= 15 is 0 Å². The number of nitrogens with zero attached hydrogens (tertiary/aromatic N) is 3. The lowest BCUT2D eigenvalue weighted by molar-refractivity contribution is -0.134. The van der Waals surface area contributed by atoms with Crippen LogP contribution in [0.4, 0.5) is 4.79 Å². The molecule has 0 bridgehead atoms. The molecule has 0 spiro atoms. The summed E-state index contributed by atoms with van der Waals surface area (Å²) in [7, 11) is 1.60. The van der Waals surface area contributed by atoms with E-state index in [1.807, 2.05) is 48.2 Å². The van der Waals surface area contributed by atoms with Crippen molar-refractivity contribution in [1.29, 1.82) is 0 Å². The van der Waals surface area contributed by atoms with E-state index in [4.69, 9.17) is 11.6 Å². The molecule has 1 N–H and O–H groups in total. The summed E-state index contributed by atoms with van der Waals surface area (Å²) in [6.07, 6.45) is 0.694. The molecule has 1 saturated heterocycles. The summed E-state index contributed by atoms with van der Waals surface area (Å²) in [5, 5.41) is 1.83. The normalized spacial score (nSPS) is 20.4. The molecule has 176 valence electrons. The summed E-state index contributed by atoms with van der Waals surface area (Å²) < 4.78 is 0. The summed E-state index contributed by atoms with van der Waals surface area (Å²) in [4.78, 5) is 45.6. The lowest BCUT2D eigenvalue weighted by atomic mass is 9.83. The number of likely N-dealkylation sites (N-methyl/N-ethyl adjacent to an activating group) is 1. The Morgan fingerprint density at radius 1 is 1.12 bits per heavy atom. The number of carbonyl (C=O) groups excluding carboxylic acids is 3. The van der Waals surface area contributed by atoms with E-state index in [9.17, 15) is 14.4 Å². The number of rotatable bonds is 5. The first-order valence-electron chi connectivity index (χ1n) is 11.6. The van der Waals surface area contributed by atoms with Crippen LogP contribution >= 0.6 is 11.6 Å². The number of halogens is 1. The molecule has 8 heteroatoms. The largest absolute Gasteiger partial charge is 0.356 e. The van der Waals surface area contributed by atoms with Crippen LogP contribution in [0.25, 0.3) is 10.9 Å². The number of aromatic amines is 1. The highest BCUT2D eigenvalue weighted by atomic mass is 35.5. The Kier molecular flexibility index (Phi) is 5.81. The second kappa shape index (κ2) is 8.80. The van der Waals surface area contributed by atoms with Crippen LogP contribution in [0.1, 0.15) is 48.5 Å². The van der Waals surface area contributed by atoms with Gasteiger partial charge in [0.25, 0.3) is 0 Å². The highest BCUT2D eigenvalue weighted by Crippen LogP contribution is 2.44. The Morgan fingerprint density at radius 2 is 1.85 bits per heavy atom. The van der Waals surface area contributed by atoms with Gasteiger partial charge in [-0.05, 0) is 36.6 Å². The summed E-state index contributed by atoms with van der Waals surface area (Å²) in [5.41, 5.74) is 4.26. The van der Waals surface area contributed by atoms with Crippen LogP contribution in [-0.4, -0.2) is 64.2 Å². The molecule has 7 nitrogen and oxygen atoms in total. The molecular weight excluding hydrogens is 452 g/mol. The van der Waals surface area contributed by atoms with E-state index in [0.717, 1.165) is 22.2 Å². The van der Waals surface area contributed by atoms with Crippen molar-refractivity contribution in [3.8, 4) is 0 Å². The average molecular weight is 479 g/mol. The average Bonchev–Trinajstić information content (AvgIpc) is 3.33. The minimum atomic E-state index is -0.301. The molecule has 1 aromatic heterocycles. The van der Waals surface area contributed by atoms with E-state index in [0.29, 0.717) is 18.0 Å². The molecule has 2 aliphatic rings. The van der Waals surface area contributed by atoms with Crippen molar-refractivity contribution in [2.75, 3.05) is 26.7 Å². The first-order valence-corrected chi connectivity index (χ1v) is 11.9. The number of para-hydroxylation sites is 1. The topological polar surface area (TPSA) is 76.7 Å². The van der Waals surface area contributed by atoms with Crippen LogP contribution in [-0.2, 0) is 9.59 Å². The van der Waals surface area contributed by atoms with Crippen LogP contribution in [0.3, 0.4) is 0 Å². The van der Waals surface area contributed by atoms with Gasteiger partial charge in [0.05, 0.1) is 6.04 Å². The molecule has 0 radical (unpaired) electrons. The fourth-order valence-corrected chi connectivity index (χ4v) is 5.51. The van der Waals surface area contributed by atoms with Crippen LogP contribution in [0, 0.1) is 0 Å². The quantitative estimate of drug-likeness (QED) is 0.547. The maximum atomic E-state index is 13.4. The van der Waals surface area contributed by atoms with E-state index in [-0.39, 0.29) is 49.3 Å². The number of imide groups is 1. The van der Waals surface area contributed by atoms with Crippen LogP contribution in [0.2, 0.25) is 5.02 Å². The molecule has 2 atom stereocenters. The molecule has 0 aliphatic carbocycles. The number of hydrogen-bond acceptors (Lipinski definition) is 3. The maximum absolute atomic E-state index is 13.4. The smallest absolute Gasteiger partial charge is 0.326 e. The zero-order chi connectivity index (χ0) is 24.0. The van der Waals surface area contributed by atoms with Gasteiger partial charge in [-0.2, -0.15) is 0 Å². The molecule has 1 fully saturated rings. The van der Waals surface area contributed by atoms with Crippen LogP contribution in [0.5, 0.6) is 0 Å². The number of hydrogen-bond donors (Lipinski definition) is 1. The maximum Gasteiger partial charge on any atom is 0.326 e. The third-order valence-corrected chi connectivity index (χ3v) is 7.34. The van der Waals surface area contributed by atoms with Gasteiger partial charge in [-0.25, -0.2) is 4.79 Å². The van der Waals surface area contributed by atoms with Gasteiger partial charge < -0.3 is 14.8 Å². The van der Waals surface area contributed by atoms with E-state index in [1.54, 1.807) is 7.05 Å². The molecule has 4 amide bonds. The Hall–Kier alpha value is -3.32. The van der Waals surface area contributed by atoms with Crippen molar-refractivity contribution in [3.63, 3.8) is 0 Å². The van der Waals surface area contributed by atoms with Crippen molar-refractivity contribution in [2.45, 2.75) is 31.7 Å². The number of nitrogens with one attached hydrogen (secondary N) is 1. The zero-order valence-electron chi connectivity index (χ0n) is 19.3. The SMILES string of the molecule is CC1c2[nH]c3ccccc3c2C(c2ccccc2Cl)CN1C(=O)CCCN1C(=O)CN(C)C1=O. The first kappa shape index (κ1) is 22.5. The number of H-pyrrole nitrogens is 1. The van der Waals surface area contributed by atoms with Crippen molar-refractivity contribution in [1.82, 2.24) is 19.7 Å². The second-order valence-electron chi connectivity index (χ2n) is 9.08. The third kappa shape index (κ3) is 3.74. The number of carbonyl (C=O) groups is 3. The first-order chi connectivity index (χ1) is 16.4. The van der Waals surface area contributed by atoms with Gasteiger partial charge in [-0.1, -0.05) is 48.0 Å². The summed E-state index contributed by atoms with van der Waals surface area (Å²) in [5.74, 6) is -0.274. The van der Waals surface area contributed by atoms with Crippen molar-refractivity contribution in [3.05, 3.63) is 70.4 Å². The van der Waals surface area contributed by atoms with Gasteiger partial charge in [0.1, 0.15) is 6.54 Å². The molecule has 2 aromatic carbocycles. The van der Waals surface area contributed by atoms with E-state index in [1.165, 1.54) is 15.4 Å². The highest BCUT2D eigenvalue weighted by Gasteiger charge is 2.38. The lowest BCUT2D eigenvalue weighted by Gasteiger charge is -2.39. The molecule has 0 saturated carbocycles. The highest BCUT2D eigenvalue weighted by molar-refractivity contribution is 6.31. The minimum Gasteiger partial charge on any atom is -0.356 e. The molecule has 2 aliphatic heterocycles. The molecular formula is C26H27ClN4O3. The Balaban J connectivity index is 1.41. The van der Waals surface area contributed by atoms with Gasteiger partial charge in [0.2, 0.25) is 11.8 Å². The van der Waals surface area contributed by atoms with Gasteiger partial charge in [0.15, 0.2) is 0 Å². The molecule has 3 aromatic rings. The van der Waals surface area contributed by atoms with Crippen molar-refractivity contribution in [2.24, 2.45) is 0 Å². The number of benzene rings is 2. The zero-order valence-corrected chi connectivity index (χ0v) is 20.0. The molecule has 34 heavy (non-hydrogen) atoms. The molecule has 2 unspecified atom stereocenters. The van der Waals surface area contributed by atoms with Crippen molar-refractivity contribution >= 4 is 40.3 Å². The summed E-state index contributed by atoms with van der Waals surface area (Å²) in [6.45, 7) is 2.90. The van der Waals surface area contributed by atoms with Gasteiger partial charge >= 0.3 is 6.03 Å². The minimum absolute atomic E-state index is 0.00121. The van der Waals surface area contributed by atoms with Crippen LogP contribution in [0.15, 0.2) is 48.5 Å². The van der Waals surface area contributed by atoms with E-state index in [2.05, 4.69) is 17.1 Å². The predicted octanol–water partition coefficient (Wildman–Crippen LogP) is 4.53. The van der Waals surface area contributed by atoms with Gasteiger partial charge in [0, 0.05) is 54.1 Å². The predicted molar refractivity (Wildman–Crippen MR) is 131 cm³/mol. The molecule has 5 rings (SSSR count). The molecule has 3 heterocycles. The number of urea groups is 1. The second-order valence-corrected chi connectivity index (χ2v) is 9.49. The summed E-state index contributed by atoms with van der Waals surface area (Å²) >= 11 is 6.61. The fraction of sp³-hybridized carbons (Fsp3) is 0.346. The number of aromatic nitrogens is 1. The van der Waals surface area contributed by atoms with E-state index < -0.39 is 0 Å². The summed E-state index contributed by atoms with van der Waals surface area (Å²) in [6, 6.07) is 15.6. The Morgan fingerprint density at radius 3 is 2.59 bits per heavy atom. The van der Waals surface area contributed by atoms with Gasteiger partial charge in [-0.15, -0.1) is 0 Å². The Bertz CT molecular complexity index is 1290. The number of fused-ring (bicyclic) bond motifs is 3. The Labute approximate surface area is 203 Å². The monoisotopic (exact) mass is 478 g/mol. The van der Waals surface area contributed by atoms with Gasteiger partial charge in [-0.3, -0.25) is 14.5 Å². The lowest BCUT2D eigenvalue weighted by Crippen LogP contribution is -2.41. The van der Waals surface area contributed by atoms with Crippen LogP contribution < -0.4 is 0 Å². The standard InChI is InChI=1S/C26H27ClN4O3/c1-16-25-24(18-9-4-6-11-21(18)28-25)19(17-8-3-5-10-20(17)27)14-31(16)22(32)12-7-13-30-23(33)15-29(2)26(30)34/h3-6,8-11,16,19,28H,7,12-15H2,1-2H3. The fourth-order valence-electron chi connectivity index (χ4n) is 5.24. The third-order valence-electron chi connectivity index (χ3n) is 6.99.